The Hall–Kier alpha value is -1.71. The Kier molecular flexibility index (Phi) is 3.45. The molecule has 1 N–H and O–H groups in total. The zero-order valence-electron chi connectivity index (χ0n) is 11.2. The Morgan fingerprint density at radius 3 is 2.83 bits per heavy atom. The fourth-order valence-corrected chi connectivity index (χ4v) is 1.95. The molecular formula is C14H20N2O2. The minimum Gasteiger partial charge on any atom is -0.444 e. The van der Waals surface area contributed by atoms with E-state index in [-0.39, 0.29) is 6.09 Å². The number of amides is 1. The number of carbonyl (C=O) groups is 1. The van der Waals surface area contributed by atoms with Crippen molar-refractivity contribution in [3.63, 3.8) is 0 Å². The molecule has 4 nitrogen and oxygen atoms in total. The normalized spacial score (nSPS) is 16.4. The van der Waals surface area contributed by atoms with Crippen LogP contribution in [0, 0.1) is 0 Å². The maximum absolute atomic E-state index is 12.0. The van der Waals surface area contributed by atoms with Crippen molar-refractivity contribution in [2.24, 2.45) is 0 Å². The van der Waals surface area contributed by atoms with E-state index in [4.69, 9.17) is 4.74 Å². The van der Waals surface area contributed by atoms with Gasteiger partial charge in [-0.05, 0) is 44.9 Å². The standard InChI is InChI=1S/C14H20N2O2/c1-14(2,3)18-13(17)16-9-5-6-11(10-16)12-7-4-8-15-12/h4,6-8,15H,5,9-10H2,1-3H3. The average molecular weight is 248 g/mol. The summed E-state index contributed by atoms with van der Waals surface area (Å²) >= 11 is 0. The molecule has 4 heteroatoms. The van der Waals surface area contributed by atoms with Gasteiger partial charge in [0.05, 0.1) is 6.54 Å². The number of nitrogens with one attached hydrogen (secondary N) is 1. The number of nitrogens with zero attached hydrogens (tertiary/aromatic N) is 1. The summed E-state index contributed by atoms with van der Waals surface area (Å²) in [5, 5.41) is 0. The molecule has 0 radical (unpaired) electrons. The van der Waals surface area contributed by atoms with E-state index in [1.54, 1.807) is 4.90 Å². The maximum atomic E-state index is 12.0. The summed E-state index contributed by atoms with van der Waals surface area (Å²) in [7, 11) is 0. The van der Waals surface area contributed by atoms with Gasteiger partial charge < -0.3 is 14.6 Å². The number of hydrogen-bond acceptors (Lipinski definition) is 2. The van der Waals surface area contributed by atoms with E-state index in [2.05, 4.69) is 11.1 Å². The molecule has 0 atom stereocenters. The number of hydrogen-bond donors (Lipinski definition) is 1. The molecular weight excluding hydrogens is 228 g/mol. The van der Waals surface area contributed by atoms with Crippen LogP contribution in [0.3, 0.4) is 0 Å². The van der Waals surface area contributed by atoms with Gasteiger partial charge in [0.15, 0.2) is 0 Å². The molecule has 0 saturated heterocycles. The third-order valence-electron chi connectivity index (χ3n) is 2.75. The highest BCUT2D eigenvalue weighted by Crippen LogP contribution is 2.21. The van der Waals surface area contributed by atoms with Crippen LogP contribution in [0.15, 0.2) is 24.4 Å². The summed E-state index contributed by atoms with van der Waals surface area (Å²) in [6.45, 7) is 6.98. The maximum Gasteiger partial charge on any atom is 0.410 e. The topological polar surface area (TPSA) is 45.3 Å². The fraction of sp³-hybridized carbons (Fsp3) is 0.500. The SMILES string of the molecule is CC(C)(C)OC(=O)N1CCC=C(c2ccc[nH]2)C1. The van der Waals surface area contributed by atoms with Crippen molar-refractivity contribution in [3.8, 4) is 0 Å². The molecule has 1 aromatic rings. The molecule has 18 heavy (non-hydrogen) atoms. The molecule has 0 bridgehead atoms. The number of H-pyrrole nitrogens is 1. The van der Waals surface area contributed by atoms with E-state index >= 15 is 0 Å². The summed E-state index contributed by atoms with van der Waals surface area (Å²) in [5.74, 6) is 0. The number of carbonyl (C=O) groups excluding carboxylic acids is 1. The van der Waals surface area contributed by atoms with Crippen LogP contribution in [-0.2, 0) is 4.74 Å². The monoisotopic (exact) mass is 248 g/mol. The molecule has 2 rings (SSSR count). The van der Waals surface area contributed by atoms with Gasteiger partial charge in [-0.3, -0.25) is 0 Å². The van der Waals surface area contributed by atoms with Crippen molar-refractivity contribution in [1.82, 2.24) is 9.88 Å². The lowest BCUT2D eigenvalue weighted by Gasteiger charge is -2.30. The first-order valence-corrected chi connectivity index (χ1v) is 6.26. The Morgan fingerprint density at radius 1 is 1.44 bits per heavy atom. The van der Waals surface area contributed by atoms with Crippen molar-refractivity contribution in [2.45, 2.75) is 32.8 Å². The van der Waals surface area contributed by atoms with Crippen LogP contribution < -0.4 is 0 Å². The highest BCUT2D eigenvalue weighted by molar-refractivity contribution is 5.74. The first kappa shape index (κ1) is 12.7. The van der Waals surface area contributed by atoms with Crippen molar-refractivity contribution >= 4 is 11.7 Å². The number of aromatic amines is 1. The molecule has 0 aromatic carbocycles. The highest BCUT2D eigenvalue weighted by atomic mass is 16.6. The third kappa shape index (κ3) is 3.15. The summed E-state index contributed by atoms with van der Waals surface area (Å²) < 4.78 is 5.39. The van der Waals surface area contributed by atoms with Gasteiger partial charge in [0.2, 0.25) is 0 Å². The van der Waals surface area contributed by atoms with Gasteiger partial charge in [-0.1, -0.05) is 6.08 Å². The summed E-state index contributed by atoms with van der Waals surface area (Å²) in [6.07, 6.45) is 4.70. The lowest BCUT2D eigenvalue weighted by atomic mass is 10.1. The molecule has 1 aliphatic heterocycles. The van der Waals surface area contributed by atoms with Crippen LogP contribution in [0.25, 0.3) is 5.57 Å². The number of rotatable bonds is 1. The van der Waals surface area contributed by atoms with E-state index < -0.39 is 5.60 Å². The summed E-state index contributed by atoms with van der Waals surface area (Å²) in [4.78, 5) is 16.9. The van der Waals surface area contributed by atoms with Crippen LogP contribution in [0.2, 0.25) is 0 Å². The molecule has 1 amide bonds. The van der Waals surface area contributed by atoms with E-state index in [1.807, 2.05) is 39.1 Å². The Morgan fingerprint density at radius 2 is 2.22 bits per heavy atom. The Labute approximate surface area is 108 Å². The molecule has 1 aliphatic rings. The van der Waals surface area contributed by atoms with E-state index in [0.29, 0.717) is 6.54 Å². The first-order valence-electron chi connectivity index (χ1n) is 6.26. The van der Waals surface area contributed by atoms with E-state index in [9.17, 15) is 4.79 Å². The van der Waals surface area contributed by atoms with Crippen LogP contribution in [0.4, 0.5) is 4.79 Å². The average Bonchev–Trinajstić information content (AvgIpc) is 2.80. The molecule has 98 valence electrons. The minimum atomic E-state index is -0.440. The molecule has 2 heterocycles. The van der Waals surface area contributed by atoms with Gasteiger partial charge in [0.25, 0.3) is 0 Å². The number of ether oxygens (including phenoxy) is 1. The zero-order valence-corrected chi connectivity index (χ0v) is 11.2. The minimum absolute atomic E-state index is 0.236. The summed E-state index contributed by atoms with van der Waals surface area (Å²) in [6, 6.07) is 3.98. The lowest BCUT2D eigenvalue weighted by molar-refractivity contribution is 0.0273. The van der Waals surface area contributed by atoms with Crippen LogP contribution >= 0.6 is 0 Å². The Balaban J connectivity index is 2.02. The molecule has 1 aromatic heterocycles. The van der Waals surface area contributed by atoms with E-state index in [1.165, 1.54) is 0 Å². The van der Waals surface area contributed by atoms with Gasteiger partial charge in [0, 0.05) is 18.4 Å². The van der Waals surface area contributed by atoms with Crippen LogP contribution in [-0.4, -0.2) is 34.7 Å². The first-order chi connectivity index (χ1) is 8.46. The second-order valence-corrected chi connectivity index (χ2v) is 5.50. The third-order valence-corrected chi connectivity index (χ3v) is 2.75. The van der Waals surface area contributed by atoms with E-state index in [0.717, 1.165) is 24.2 Å². The lowest BCUT2D eigenvalue weighted by Crippen LogP contribution is -2.39. The quantitative estimate of drug-likeness (QED) is 0.830. The molecule has 0 fully saturated rings. The predicted octanol–water partition coefficient (Wildman–Crippen LogP) is 3.04. The van der Waals surface area contributed by atoms with Crippen molar-refractivity contribution < 1.29 is 9.53 Å². The molecule has 0 spiro atoms. The van der Waals surface area contributed by atoms with Gasteiger partial charge in [-0.15, -0.1) is 0 Å². The van der Waals surface area contributed by atoms with Gasteiger partial charge in [-0.2, -0.15) is 0 Å². The predicted molar refractivity (Wildman–Crippen MR) is 71.2 cm³/mol. The second kappa shape index (κ2) is 4.88. The number of aromatic nitrogens is 1. The largest absolute Gasteiger partial charge is 0.444 e. The second-order valence-electron chi connectivity index (χ2n) is 5.50. The highest BCUT2D eigenvalue weighted by Gasteiger charge is 2.24. The molecule has 0 saturated carbocycles. The Bertz CT molecular complexity index is 441. The smallest absolute Gasteiger partial charge is 0.410 e. The summed E-state index contributed by atoms with van der Waals surface area (Å²) in [5.41, 5.74) is 1.78. The van der Waals surface area contributed by atoms with Crippen LogP contribution in [0.1, 0.15) is 32.9 Å². The molecule has 0 aliphatic carbocycles. The van der Waals surface area contributed by atoms with Crippen LogP contribution in [0.5, 0.6) is 0 Å². The van der Waals surface area contributed by atoms with Gasteiger partial charge in [-0.25, -0.2) is 4.79 Å². The van der Waals surface area contributed by atoms with Crippen molar-refractivity contribution in [2.75, 3.05) is 13.1 Å². The van der Waals surface area contributed by atoms with Crippen molar-refractivity contribution in [1.29, 1.82) is 0 Å². The zero-order chi connectivity index (χ0) is 13.2. The molecule has 0 unspecified atom stereocenters. The van der Waals surface area contributed by atoms with Gasteiger partial charge in [0.1, 0.15) is 5.60 Å². The van der Waals surface area contributed by atoms with Gasteiger partial charge >= 0.3 is 6.09 Å². The van der Waals surface area contributed by atoms with Crippen molar-refractivity contribution in [3.05, 3.63) is 30.1 Å². The fourth-order valence-electron chi connectivity index (χ4n) is 1.95.